The van der Waals surface area contributed by atoms with Crippen molar-refractivity contribution >= 4 is 5.91 Å². The van der Waals surface area contributed by atoms with Crippen LogP contribution in [0.5, 0.6) is 0 Å². The van der Waals surface area contributed by atoms with Gasteiger partial charge >= 0.3 is 6.18 Å². The lowest BCUT2D eigenvalue weighted by atomic mass is 10.1. The molecule has 0 aromatic heterocycles. The predicted molar refractivity (Wildman–Crippen MR) is 93.9 cm³/mol. The van der Waals surface area contributed by atoms with Gasteiger partial charge in [-0.1, -0.05) is 30.3 Å². The summed E-state index contributed by atoms with van der Waals surface area (Å²) in [5, 5.41) is 0. The number of methoxy groups -OCH3 is 1. The molecule has 0 fully saturated rings. The van der Waals surface area contributed by atoms with E-state index in [0.29, 0.717) is 25.1 Å². The first-order valence-corrected chi connectivity index (χ1v) is 8.52. The number of hydrogen-bond donors (Lipinski definition) is 0. The fraction of sp³-hybridized carbons (Fsp3) is 0.350. The summed E-state index contributed by atoms with van der Waals surface area (Å²) in [6.45, 7) is 0.850. The molecule has 2 aromatic carbocycles. The Balaban J connectivity index is 2.11. The van der Waals surface area contributed by atoms with E-state index in [1.54, 1.807) is 0 Å². The minimum Gasteiger partial charge on any atom is -0.383 e. The van der Waals surface area contributed by atoms with Gasteiger partial charge in [0.1, 0.15) is 5.82 Å². The summed E-state index contributed by atoms with van der Waals surface area (Å²) < 4.78 is 57.1. The molecule has 0 aliphatic carbocycles. The van der Waals surface area contributed by atoms with E-state index in [4.69, 9.17) is 4.74 Å². The van der Waals surface area contributed by atoms with E-state index in [0.717, 1.165) is 18.1 Å². The molecule has 7 heteroatoms. The van der Waals surface area contributed by atoms with Crippen LogP contribution < -0.4 is 0 Å². The first-order valence-electron chi connectivity index (χ1n) is 8.52. The third-order valence-corrected chi connectivity index (χ3v) is 4.11. The van der Waals surface area contributed by atoms with Gasteiger partial charge < -0.3 is 9.64 Å². The van der Waals surface area contributed by atoms with Crippen LogP contribution in [0.3, 0.4) is 0 Å². The summed E-state index contributed by atoms with van der Waals surface area (Å²) in [7, 11) is 1.48. The maximum absolute atomic E-state index is 13.5. The average molecular weight is 383 g/mol. The highest BCUT2D eigenvalue weighted by Gasteiger charge is 2.35. The molecular weight excluding hydrogens is 362 g/mol. The summed E-state index contributed by atoms with van der Waals surface area (Å²) in [6, 6.07) is 12.0. The number of carbonyl (C=O) groups excluding carboxylic acids is 1. The quantitative estimate of drug-likeness (QED) is 0.625. The molecule has 2 rings (SSSR count). The highest BCUT2D eigenvalue weighted by molar-refractivity contribution is 5.94. The Morgan fingerprint density at radius 2 is 1.78 bits per heavy atom. The number of amides is 1. The first-order chi connectivity index (χ1) is 12.8. The second-order valence-corrected chi connectivity index (χ2v) is 6.07. The average Bonchev–Trinajstić information content (AvgIpc) is 2.64. The van der Waals surface area contributed by atoms with Gasteiger partial charge in [0.05, 0.1) is 12.2 Å². The van der Waals surface area contributed by atoms with Crippen LogP contribution in [0.15, 0.2) is 48.5 Å². The standard InChI is InChI=1S/C20H21F4NO2/c1-27-13-12-25(11-5-8-15-6-3-2-4-7-15)19(26)16-9-10-18(21)17(14-16)20(22,23)24/h2-4,6-7,9-10,14H,5,8,11-13H2,1H3. The van der Waals surface area contributed by atoms with Crippen LogP contribution in [-0.2, 0) is 17.3 Å². The highest BCUT2D eigenvalue weighted by Crippen LogP contribution is 2.32. The minimum atomic E-state index is -4.86. The Labute approximate surface area is 155 Å². The van der Waals surface area contributed by atoms with Gasteiger partial charge in [0.25, 0.3) is 5.91 Å². The summed E-state index contributed by atoms with van der Waals surface area (Å²) >= 11 is 0. The molecule has 0 heterocycles. The monoisotopic (exact) mass is 383 g/mol. The van der Waals surface area contributed by atoms with Gasteiger partial charge in [0, 0.05) is 25.8 Å². The summed E-state index contributed by atoms with van der Waals surface area (Å²) in [5.41, 5.74) is -0.526. The van der Waals surface area contributed by atoms with Crippen molar-refractivity contribution in [3.8, 4) is 0 Å². The molecule has 0 spiro atoms. The molecule has 0 aliphatic rings. The zero-order chi connectivity index (χ0) is 19.9. The molecule has 0 bridgehead atoms. The topological polar surface area (TPSA) is 29.5 Å². The summed E-state index contributed by atoms with van der Waals surface area (Å²) in [6.07, 6.45) is -3.48. The van der Waals surface area contributed by atoms with Gasteiger partial charge in [-0.05, 0) is 36.6 Å². The SMILES string of the molecule is COCCN(CCCc1ccccc1)C(=O)c1ccc(F)c(C(F)(F)F)c1. The lowest BCUT2D eigenvalue weighted by Gasteiger charge is -2.23. The maximum atomic E-state index is 13.5. The van der Waals surface area contributed by atoms with Gasteiger partial charge in [0.2, 0.25) is 0 Å². The minimum absolute atomic E-state index is 0.195. The molecule has 0 saturated heterocycles. The second-order valence-electron chi connectivity index (χ2n) is 6.07. The van der Waals surface area contributed by atoms with Crippen molar-refractivity contribution in [1.82, 2.24) is 4.90 Å². The Bertz CT molecular complexity index is 747. The molecule has 0 saturated carbocycles. The van der Waals surface area contributed by atoms with Crippen LogP contribution >= 0.6 is 0 Å². The van der Waals surface area contributed by atoms with Gasteiger partial charge in [-0.15, -0.1) is 0 Å². The van der Waals surface area contributed by atoms with Crippen LogP contribution in [-0.4, -0.2) is 37.6 Å². The van der Waals surface area contributed by atoms with Crippen LogP contribution in [0.25, 0.3) is 0 Å². The Hall–Kier alpha value is -2.41. The molecule has 0 atom stereocenters. The highest BCUT2D eigenvalue weighted by atomic mass is 19.4. The Morgan fingerprint density at radius 1 is 1.07 bits per heavy atom. The number of rotatable bonds is 8. The number of alkyl halides is 3. The van der Waals surface area contributed by atoms with Gasteiger partial charge in [-0.25, -0.2) is 4.39 Å². The van der Waals surface area contributed by atoms with E-state index >= 15 is 0 Å². The number of halogens is 4. The van der Waals surface area contributed by atoms with E-state index in [1.165, 1.54) is 12.0 Å². The number of nitrogens with zero attached hydrogens (tertiary/aromatic N) is 1. The van der Waals surface area contributed by atoms with E-state index in [-0.39, 0.29) is 18.7 Å². The normalized spacial score (nSPS) is 11.4. The van der Waals surface area contributed by atoms with Crippen LogP contribution in [0, 0.1) is 5.82 Å². The molecule has 0 radical (unpaired) electrons. The zero-order valence-corrected chi connectivity index (χ0v) is 14.9. The summed E-state index contributed by atoms with van der Waals surface area (Å²) in [5.74, 6) is -1.97. The lowest BCUT2D eigenvalue weighted by molar-refractivity contribution is -0.140. The molecule has 1 amide bonds. The zero-order valence-electron chi connectivity index (χ0n) is 14.9. The Kier molecular flexibility index (Phi) is 7.36. The number of aryl methyl sites for hydroxylation is 1. The third kappa shape index (κ3) is 6.06. The predicted octanol–water partition coefficient (Wildman–Crippen LogP) is 4.57. The molecule has 0 N–H and O–H groups in total. The van der Waals surface area contributed by atoms with E-state index < -0.39 is 23.5 Å². The summed E-state index contributed by atoms with van der Waals surface area (Å²) in [4.78, 5) is 14.1. The van der Waals surface area contributed by atoms with E-state index in [2.05, 4.69) is 0 Å². The molecule has 3 nitrogen and oxygen atoms in total. The van der Waals surface area contributed by atoms with Crippen molar-refractivity contribution in [3.05, 3.63) is 71.0 Å². The van der Waals surface area contributed by atoms with Crippen molar-refractivity contribution in [3.63, 3.8) is 0 Å². The molecule has 146 valence electrons. The fourth-order valence-corrected chi connectivity index (χ4v) is 2.69. The largest absolute Gasteiger partial charge is 0.419 e. The van der Waals surface area contributed by atoms with Gasteiger partial charge in [-0.2, -0.15) is 13.2 Å². The maximum Gasteiger partial charge on any atom is 0.419 e. The first kappa shape index (κ1) is 20.9. The van der Waals surface area contributed by atoms with Crippen molar-refractivity contribution in [2.24, 2.45) is 0 Å². The van der Waals surface area contributed by atoms with Crippen LogP contribution in [0.1, 0.15) is 27.9 Å². The van der Waals surface area contributed by atoms with Gasteiger partial charge in [-0.3, -0.25) is 4.79 Å². The number of ether oxygens (including phenoxy) is 1. The van der Waals surface area contributed by atoms with Crippen molar-refractivity contribution in [2.45, 2.75) is 19.0 Å². The van der Waals surface area contributed by atoms with E-state index in [1.807, 2.05) is 30.3 Å². The van der Waals surface area contributed by atoms with Crippen LogP contribution in [0.2, 0.25) is 0 Å². The fourth-order valence-electron chi connectivity index (χ4n) is 2.69. The Morgan fingerprint density at radius 3 is 2.41 bits per heavy atom. The lowest BCUT2D eigenvalue weighted by Crippen LogP contribution is -2.35. The molecule has 27 heavy (non-hydrogen) atoms. The van der Waals surface area contributed by atoms with E-state index in [9.17, 15) is 22.4 Å². The smallest absolute Gasteiger partial charge is 0.383 e. The molecule has 2 aromatic rings. The number of benzene rings is 2. The third-order valence-electron chi connectivity index (χ3n) is 4.11. The van der Waals surface area contributed by atoms with Crippen molar-refractivity contribution < 1.29 is 27.1 Å². The molecule has 0 unspecified atom stereocenters. The number of hydrogen-bond acceptors (Lipinski definition) is 2. The number of carbonyl (C=O) groups is 1. The van der Waals surface area contributed by atoms with Crippen molar-refractivity contribution in [2.75, 3.05) is 26.8 Å². The molecule has 0 aliphatic heterocycles. The van der Waals surface area contributed by atoms with Crippen molar-refractivity contribution in [1.29, 1.82) is 0 Å². The van der Waals surface area contributed by atoms with Gasteiger partial charge in [0.15, 0.2) is 0 Å². The molecular formula is C20H21F4NO2. The van der Waals surface area contributed by atoms with Crippen LogP contribution in [0.4, 0.5) is 17.6 Å². The second kappa shape index (κ2) is 9.50.